The molecule has 2 aromatic carbocycles. The van der Waals surface area contributed by atoms with Gasteiger partial charge in [-0.15, -0.1) is 0 Å². The number of thiazole rings is 1. The van der Waals surface area contributed by atoms with E-state index in [4.69, 9.17) is 9.47 Å². The largest absolute Gasteiger partial charge is 0.497 e. The minimum absolute atomic E-state index is 0.0578. The number of likely N-dealkylation sites (tertiary alicyclic amines) is 1. The van der Waals surface area contributed by atoms with Gasteiger partial charge in [0.2, 0.25) is 0 Å². The van der Waals surface area contributed by atoms with Crippen molar-refractivity contribution in [3.8, 4) is 10.9 Å². The molecule has 31 heavy (non-hydrogen) atoms. The maximum Gasteiger partial charge on any atom is 0.416 e. The average Bonchev–Trinajstić information content (AvgIpc) is 3.15. The molecule has 0 saturated carbocycles. The molecule has 0 unspecified atom stereocenters. The maximum absolute atomic E-state index is 12.6. The van der Waals surface area contributed by atoms with Crippen molar-refractivity contribution < 1.29 is 27.4 Å². The average molecular weight is 451 g/mol. The Morgan fingerprint density at radius 3 is 2.52 bits per heavy atom. The molecular weight excluding hydrogens is 431 g/mol. The van der Waals surface area contributed by atoms with E-state index in [1.807, 2.05) is 18.2 Å². The molecule has 10 heteroatoms. The lowest BCUT2D eigenvalue weighted by Gasteiger charge is -2.31. The number of rotatable bonds is 4. The summed E-state index contributed by atoms with van der Waals surface area (Å²) in [6, 6.07) is 9.69. The third-order valence-corrected chi connectivity index (χ3v) is 5.95. The van der Waals surface area contributed by atoms with Gasteiger partial charge in [0.1, 0.15) is 11.9 Å². The van der Waals surface area contributed by atoms with Crippen LogP contribution in [0.3, 0.4) is 0 Å². The molecule has 0 atom stereocenters. The molecule has 2 amide bonds. The summed E-state index contributed by atoms with van der Waals surface area (Å²) in [7, 11) is 1.61. The number of ether oxygens (including phenoxy) is 2. The Hall–Kier alpha value is -3.01. The maximum atomic E-state index is 12.6. The number of amides is 2. The van der Waals surface area contributed by atoms with Gasteiger partial charge in [0.05, 0.1) is 22.9 Å². The standard InChI is InChI=1S/C21H20F3N3O3S/c1-29-16-6-7-17-18(12-16)31-20(26-17)30-15-8-10-27(11-9-15)19(28)25-14-4-2-13(3-5-14)21(22,23)24/h2-7,12,15H,8-11H2,1H3,(H,25,28). The summed E-state index contributed by atoms with van der Waals surface area (Å²) in [5.74, 6) is 0.759. The summed E-state index contributed by atoms with van der Waals surface area (Å²) in [5.41, 5.74) is 0.409. The number of aromatic nitrogens is 1. The molecule has 1 fully saturated rings. The number of anilines is 1. The molecule has 0 aliphatic carbocycles. The van der Waals surface area contributed by atoms with Crippen molar-refractivity contribution in [3.63, 3.8) is 0 Å². The number of benzene rings is 2. The van der Waals surface area contributed by atoms with Gasteiger partial charge >= 0.3 is 12.2 Å². The predicted molar refractivity (Wildman–Crippen MR) is 112 cm³/mol. The minimum atomic E-state index is -4.40. The smallest absolute Gasteiger partial charge is 0.416 e. The summed E-state index contributed by atoms with van der Waals surface area (Å²) in [6.45, 7) is 0.964. The Kier molecular flexibility index (Phi) is 5.90. The Labute approximate surface area is 180 Å². The number of hydrogen-bond acceptors (Lipinski definition) is 5. The van der Waals surface area contributed by atoms with Crippen LogP contribution in [0.2, 0.25) is 0 Å². The summed E-state index contributed by atoms with van der Waals surface area (Å²) >= 11 is 1.45. The van der Waals surface area contributed by atoms with Gasteiger partial charge < -0.3 is 19.7 Å². The fourth-order valence-corrected chi connectivity index (χ4v) is 4.24. The van der Waals surface area contributed by atoms with E-state index in [0.717, 1.165) is 28.1 Å². The number of piperidine rings is 1. The van der Waals surface area contributed by atoms with Crippen LogP contribution in [-0.4, -0.2) is 42.2 Å². The third-order valence-electron chi connectivity index (χ3n) is 5.04. The second kappa shape index (κ2) is 8.62. The van der Waals surface area contributed by atoms with Crippen molar-refractivity contribution >= 4 is 33.3 Å². The fourth-order valence-electron chi connectivity index (χ4n) is 3.33. The zero-order valence-corrected chi connectivity index (χ0v) is 17.4. The topological polar surface area (TPSA) is 63.7 Å². The van der Waals surface area contributed by atoms with Crippen LogP contribution in [0.25, 0.3) is 10.2 Å². The van der Waals surface area contributed by atoms with Gasteiger partial charge in [0.15, 0.2) is 0 Å². The molecule has 0 spiro atoms. The molecule has 6 nitrogen and oxygen atoms in total. The van der Waals surface area contributed by atoms with Gasteiger partial charge in [-0.25, -0.2) is 9.78 Å². The van der Waals surface area contributed by atoms with Crippen LogP contribution >= 0.6 is 11.3 Å². The Balaban J connectivity index is 1.29. The molecule has 1 N–H and O–H groups in total. The Bertz CT molecular complexity index is 1060. The number of halogens is 3. The van der Waals surface area contributed by atoms with Crippen LogP contribution in [0.15, 0.2) is 42.5 Å². The van der Waals surface area contributed by atoms with Crippen LogP contribution < -0.4 is 14.8 Å². The van der Waals surface area contributed by atoms with Gasteiger partial charge in [-0.2, -0.15) is 13.2 Å². The first kappa shape index (κ1) is 21.2. The molecule has 1 aromatic heterocycles. The minimum Gasteiger partial charge on any atom is -0.497 e. The van der Waals surface area contributed by atoms with E-state index < -0.39 is 11.7 Å². The summed E-state index contributed by atoms with van der Waals surface area (Å²) in [6.07, 6.45) is -3.18. The van der Waals surface area contributed by atoms with Crippen LogP contribution in [0.1, 0.15) is 18.4 Å². The van der Waals surface area contributed by atoms with E-state index in [1.165, 1.54) is 23.5 Å². The molecule has 2 heterocycles. The second-order valence-corrected chi connectivity index (χ2v) is 8.12. The van der Waals surface area contributed by atoms with Crippen molar-refractivity contribution in [2.24, 2.45) is 0 Å². The second-order valence-electron chi connectivity index (χ2n) is 7.12. The Morgan fingerprint density at radius 1 is 1.16 bits per heavy atom. The van der Waals surface area contributed by atoms with Crippen LogP contribution in [-0.2, 0) is 6.18 Å². The van der Waals surface area contributed by atoms with Gasteiger partial charge in [-0.3, -0.25) is 0 Å². The lowest BCUT2D eigenvalue weighted by atomic mass is 10.1. The summed E-state index contributed by atoms with van der Waals surface area (Å²) in [4.78, 5) is 18.5. The van der Waals surface area contributed by atoms with Crippen molar-refractivity contribution in [1.82, 2.24) is 9.88 Å². The number of methoxy groups -OCH3 is 1. The molecule has 164 valence electrons. The number of fused-ring (bicyclic) bond motifs is 1. The zero-order chi connectivity index (χ0) is 22.0. The number of carbonyl (C=O) groups is 1. The highest BCUT2D eigenvalue weighted by atomic mass is 32.1. The van der Waals surface area contributed by atoms with Crippen molar-refractivity contribution in [3.05, 3.63) is 48.0 Å². The number of nitrogens with zero attached hydrogens (tertiary/aromatic N) is 2. The first-order chi connectivity index (χ1) is 14.8. The summed E-state index contributed by atoms with van der Waals surface area (Å²) < 4.78 is 50.1. The fraction of sp³-hybridized carbons (Fsp3) is 0.333. The van der Waals surface area contributed by atoms with E-state index >= 15 is 0 Å². The SMILES string of the molecule is COc1ccc2nc(OC3CCN(C(=O)Nc4ccc(C(F)(F)F)cc4)CC3)sc2c1. The van der Waals surface area contributed by atoms with Gasteiger partial charge in [-0.05, 0) is 42.5 Å². The zero-order valence-electron chi connectivity index (χ0n) is 16.6. The third kappa shape index (κ3) is 5.01. The molecular formula is C21H20F3N3O3S. The normalized spacial score (nSPS) is 15.2. The van der Waals surface area contributed by atoms with Crippen LogP contribution in [0.4, 0.5) is 23.7 Å². The predicted octanol–water partition coefficient (Wildman–Crippen LogP) is 5.40. The number of hydrogen-bond donors (Lipinski definition) is 1. The van der Waals surface area contributed by atoms with Crippen molar-refractivity contribution in [2.45, 2.75) is 25.1 Å². The summed E-state index contributed by atoms with van der Waals surface area (Å²) in [5, 5.41) is 3.22. The van der Waals surface area contributed by atoms with Gasteiger partial charge in [0, 0.05) is 31.6 Å². The van der Waals surface area contributed by atoms with Gasteiger partial charge in [0.25, 0.3) is 5.19 Å². The lowest BCUT2D eigenvalue weighted by Crippen LogP contribution is -2.43. The monoisotopic (exact) mass is 451 g/mol. The van der Waals surface area contributed by atoms with Crippen molar-refractivity contribution in [2.75, 3.05) is 25.5 Å². The van der Waals surface area contributed by atoms with Crippen molar-refractivity contribution in [1.29, 1.82) is 0 Å². The quantitative estimate of drug-likeness (QED) is 0.577. The number of carbonyl (C=O) groups excluding carboxylic acids is 1. The molecule has 1 aliphatic rings. The molecule has 1 saturated heterocycles. The van der Waals surface area contributed by atoms with E-state index in [-0.39, 0.29) is 12.1 Å². The highest BCUT2D eigenvalue weighted by Crippen LogP contribution is 2.32. The van der Waals surface area contributed by atoms with E-state index in [9.17, 15) is 18.0 Å². The molecule has 0 bridgehead atoms. The number of nitrogens with one attached hydrogen (secondary N) is 1. The molecule has 0 radical (unpaired) electrons. The van der Waals surface area contributed by atoms with Crippen LogP contribution in [0, 0.1) is 0 Å². The Morgan fingerprint density at radius 2 is 1.87 bits per heavy atom. The first-order valence-corrected chi connectivity index (χ1v) is 10.5. The van der Waals surface area contributed by atoms with E-state index in [0.29, 0.717) is 36.8 Å². The highest BCUT2D eigenvalue weighted by molar-refractivity contribution is 7.20. The van der Waals surface area contributed by atoms with Crippen LogP contribution in [0.5, 0.6) is 10.9 Å². The van der Waals surface area contributed by atoms with E-state index in [2.05, 4.69) is 10.3 Å². The first-order valence-electron chi connectivity index (χ1n) is 9.66. The highest BCUT2D eigenvalue weighted by Gasteiger charge is 2.30. The number of alkyl halides is 3. The van der Waals surface area contributed by atoms with E-state index in [1.54, 1.807) is 12.0 Å². The van der Waals surface area contributed by atoms with Gasteiger partial charge in [-0.1, -0.05) is 11.3 Å². The number of urea groups is 1. The molecule has 3 aromatic rings. The molecule has 1 aliphatic heterocycles. The molecule has 4 rings (SSSR count). The lowest BCUT2D eigenvalue weighted by molar-refractivity contribution is -0.137.